The predicted molar refractivity (Wildman–Crippen MR) is 77.7 cm³/mol. The quantitative estimate of drug-likeness (QED) is 0.336. The van der Waals surface area contributed by atoms with E-state index in [1.807, 2.05) is 24.5 Å². The first-order chi connectivity index (χ1) is 10.8. The molecule has 0 unspecified atom stereocenters. The van der Waals surface area contributed by atoms with Crippen LogP contribution < -0.4 is 0 Å². The van der Waals surface area contributed by atoms with Crippen molar-refractivity contribution in [1.82, 2.24) is 9.97 Å². The molecule has 2 aromatic heterocycles. The van der Waals surface area contributed by atoms with Crippen LogP contribution in [0, 0.1) is 13.8 Å². The second kappa shape index (κ2) is 8.23. The zero-order valence-electron chi connectivity index (χ0n) is 12.3. The van der Waals surface area contributed by atoms with Crippen molar-refractivity contribution in [3.8, 4) is 0 Å². The Morgan fingerprint density at radius 3 is 1.43 bits per heavy atom. The number of benzene rings is 1. The van der Waals surface area contributed by atoms with Gasteiger partial charge in [-0.15, -0.1) is 0 Å². The summed E-state index contributed by atoms with van der Waals surface area (Å²) in [4.78, 5) is 8.90. The molecule has 0 saturated heterocycles. The van der Waals surface area contributed by atoms with E-state index in [-0.39, 0.29) is 0 Å². The van der Waals surface area contributed by atoms with Crippen LogP contribution in [0.15, 0.2) is 36.7 Å². The molecule has 0 bridgehead atoms. The molecule has 0 fully saturated rings. The van der Waals surface area contributed by atoms with Gasteiger partial charge in [0.15, 0.2) is 0 Å². The Kier molecular flexibility index (Phi) is 6.92. The molecule has 3 aromatic rings. The molecular formula is C14H12N2O5SV. The molecule has 23 heavy (non-hydrogen) atoms. The van der Waals surface area contributed by atoms with Crippen LogP contribution in [-0.2, 0) is 31.4 Å². The van der Waals surface area contributed by atoms with Crippen LogP contribution >= 0.6 is 0 Å². The normalized spacial score (nSPS) is 10.5. The van der Waals surface area contributed by atoms with Crippen LogP contribution in [0.25, 0.3) is 21.8 Å². The molecule has 0 N–H and O–H groups in total. The summed E-state index contributed by atoms with van der Waals surface area (Å²) in [5, 5.41) is 2.38. The molecule has 7 nitrogen and oxygen atoms in total. The molecule has 3 rings (SSSR count). The molecule has 0 amide bonds. The van der Waals surface area contributed by atoms with Gasteiger partial charge in [0.05, 0.1) is 11.0 Å². The Morgan fingerprint density at radius 2 is 1.13 bits per heavy atom. The first-order valence-electron chi connectivity index (χ1n) is 6.22. The second-order valence-electron chi connectivity index (χ2n) is 4.52. The zero-order valence-corrected chi connectivity index (χ0v) is 14.5. The molecule has 0 atom stereocenters. The van der Waals surface area contributed by atoms with Crippen LogP contribution in [-0.4, -0.2) is 27.5 Å². The van der Waals surface area contributed by atoms with Crippen LogP contribution in [0.3, 0.4) is 0 Å². The maximum absolute atomic E-state index is 8.52. The maximum atomic E-state index is 8.52. The van der Waals surface area contributed by atoms with Gasteiger partial charge in [-0.1, -0.05) is 12.1 Å². The molecule has 0 aliphatic heterocycles. The molecule has 119 valence electrons. The summed E-state index contributed by atoms with van der Waals surface area (Å²) >= 11 is 1.06. The molecule has 0 saturated carbocycles. The second-order valence-corrected chi connectivity index (χ2v) is 5.34. The van der Waals surface area contributed by atoms with Gasteiger partial charge in [-0.25, -0.2) is 0 Å². The van der Waals surface area contributed by atoms with Crippen molar-refractivity contribution in [2.24, 2.45) is 0 Å². The average Bonchev–Trinajstić information content (AvgIpc) is 2.48. The van der Waals surface area contributed by atoms with Crippen molar-refractivity contribution in [3.05, 3.63) is 47.8 Å². The Bertz CT molecular complexity index is 862. The number of rotatable bonds is 0. The van der Waals surface area contributed by atoms with Gasteiger partial charge >= 0.3 is 21.0 Å². The van der Waals surface area contributed by atoms with Crippen molar-refractivity contribution in [2.75, 3.05) is 0 Å². The molecule has 0 aliphatic rings. The van der Waals surface area contributed by atoms with Crippen LogP contribution in [0.2, 0.25) is 0 Å². The molecule has 9 heteroatoms. The van der Waals surface area contributed by atoms with Crippen LogP contribution in [0.4, 0.5) is 0 Å². The number of hydrogen-bond acceptors (Lipinski definition) is 7. The summed E-state index contributed by atoms with van der Waals surface area (Å²) in [6.45, 7) is 4.21. The number of hydrogen-bond donors (Lipinski definition) is 0. The Morgan fingerprint density at radius 1 is 0.826 bits per heavy atom. The SMILES string of the molecule is Cc1ccnc2c1ccc1c(C)ccnc12.O=S(=O)([O-])[O-].[O]=[V+2]. The molecule has 1 aromatic carbocycles. The number of aryl methyl sites for hydroxylation is 2. The molecule has 2 heterocycles. The molecule has 0 radical (unpaired) electrons. The number of pyridine rings is 2. The summed E-state index contributed by atoms with van der Waals surface area (Å²) in [5.41, 5.74) is 4.49. The predicted octanol–water partition coefficient (Wildman–Crippen LogP) is 1.94. The van der Waals surface area contributed by atoms with Crippen molar-refractivity contribution in [3.63, 3.8) is 0 Å². The van der Waals surface area contributed by atoms with Gasteiger partial charge < -0.3 is 9.11 Å². The third-order valence-electron chi connectivity index (χ3n) is 3.06. The van der Waals surface area contributed by atoms with Gasteiger partial charge in [0.2, 0.25) is 0 Å². The molecule has 0 aliphatic carbocycles. The Balaban J connectivity index is 0.000000327. The van der Waals surface area contributed by atoms with Gasteiger partial charge in [0.1, 0.15) is 0 Å². The minimum absolute atomic E-state index is 1.00. The monoisotopic (exact) mass is 371 g/mol. The van der Waals surface area contributed by atoms with Gasteiger partial charge in [-0.05, 0) is 37.1 Å². The van der Waals surface area contributed by atoms with Gasteiger partial charge in [-0.3, -0.25) is 18.4 Å². The van der Waals surface area contributed by atoms with E-state index in [0.29, 0.717) is 0 Å². The van der Waals surface area contributed by atoms with E-state index < -0.39 is 10.4 Å². The van der Waals surface area contributed by atoms with E-state index in [2.05, 4.69) is 35.9 Å². The van der Waals surface area contributed by atoms with Crippen molar-refractivity contribution < 1.29 is 38.6 Å². The van der Waals surface area contributed by atoms with E-state index in [1.165, 1.54) is 21.9 Å². The third kappa shape index (κ3) is 5.45. The minimum atomic E-state index is -5.17. The summed E-state index contributed by atoms with van der Waals surface area (Å²) in [5.74, 6) is 0. The van der Waals surface area contributed by atoms with Gasteiger partial charge in [-0.2, -0.15) is 0 Å². The average molecular weight is 371 g/mol. The van der Waals surface area contributed by atoms with Crippen molar-refractivity contribution in [1.29, 1.82) is 0 Å². The Hall–Kier alpha value is -1.71. The number of nitrogens with zero attached hydrogens (tertiary/aromatic N) is 2. The van der Waals surface area contributed by atoms with Gasteiger partial charge in [0.25, 0.3) is 0 Å². The number of aromatic nitrogens is 2. The van der Waals surface area contributed by atoms with E-state index >= 15 is 0 Å². The van der Waals surface area contributed by atoms with Gasteiger partial charge in [0, 0.05) is 33.6 Å². The summed E-state index contributed by atoms with van der Waals surface area (Å²) in [6, 6.07) is 8.33. The fourth-order valence-electron chi connectivity index (χ4n) is 2.10. The summed E-state index contributed by atoms with van der Waals surface area (Å²) < 4.78 is 42.3. The van der Waals surface area contributed by atoms with Crippen molar-refractivity contribution in [2.45, 2.75) is 13.8 Å². The van der Waals surface area contributed by atoms with Crippen LogP contribution in [0.5, 0.6) is 0 Å². The van der Waals surface area contributed by atoms with E-state index in [0.717, 1.165) is 28.4 Å². The first-order valence-corrected chi connectivity index (χ1v) is 8.12. The number of fused-ring (bicyclic) bond motifs is 3. The fourth-order valence-corrected chi connectivity index (χ4v) is 2.10. The summed E-state index contributed by atoms with van der Waals surface area (Å²) in [7, 11) is -5.17. The molecule has 0 spiro atoms. The van der Waals surface area contributed by atoms with E-state index in [9.17, 15) is 0 Å². The fraction of sp³-hybridized carbons (Fsp3) is 0.143. The third-order valence-corrected chi connectivity index (χ3v) is 3.06. The van der Waals surface area contributed by atoms with E-state index in [4.69, 9.17) is 21.2 Å². The topological polar surface area (TPSA) is 123 Å². The first kappa shape index (κ1) is 19.3. The summed E-state index contributed by atoms with van der Waals surface area (Å²) in [6.07, 6.45) is 3.70. The van der Waals surface area contributed by atoms with Crippen LogP contribution in [0.1, 0.15) is 11.1 Å². The standard InChI is InChI=1S/C14H12N2.H2O4S.O.V/c1-9-5-7-15-13-11(9)3-4-12-10(2)6-8-16-14(12)13;1-5(2,3)4;;/h3-8H,1-2H3;(H2,1,2,3,4);;/q;;;+2/p-2. The Labute approximate surface area is 142 Å². The zero-order chi connectivity index (χ0) is 17.6. The van der Waals surface area contributed by atoms with Crippen molar-refractivity contribution >= 4 is 32.2 Å². The molecular weight excluding hydrogens is 359 g/mol. The van der Waals surface area contributed by atoms with E-state index in [1.54, 1.807) is 0 Å².